The minimum atomic E-state index is 0.273. The lowest BCUT2D eigenvalue weighted by atomic mass is 9.89. The van der Waals surface area contributed by atoms with Gasteiger partial charge in [-0.2, -0.15) is 0 Å². The van der Waals surface area contributed by atoms with E-state index in [1.54, 1.807) is 0 Å². The predicted molar refractivity (Wildman–Crippen MR) is 73.3 cm³/mol. The predicted octanol–water partition coefficient (Wildman–Crippen LogP) is 2.17. The van der Waals surface area contributed by atoms with Gasteiger partial charge in [0.25, 0.3) is 0 Å². The number of nitrogens with two attached hydrogens (primary N) is 1. The molecule has 2 rings (SSSR count). The molecular weight excluding hydrogens is 208 g/mol. The highest BCUT2D eigenvalue weighted by Crippen LogP contribution is 2.50. The van der Waals surface area contributed by atoms with E-state index < -0.39 is 0 Å². The van der Waals surface area contributed by atoms with E-state index in [0.717, 1.165) is 13.0 Å². The van der Waals surface area contributed by atoms with E-state index in [-0.39, 0.29) is 6.04 Å². The molecule has 1 aliphatic rings. The van der Waals surface area contributed by atoms with Gasteiger partial charge in [-0.15, -0.1) is 0 Å². The molecule has 0 radical (unpaired) electrons. The van der Waals surface area contributed by atoms with Gasteiger partial charge in [-0.25, -0.2) is 0 Å². The molecule has 0 saturated heterocycles. The zero-order valence-corrected chi connectivity index (χ0v) is 11.2. The van der Waals surface area contributed by atoms with Crippen molar-refractivity contribution in [3.05, 3.63) is 35.4 Å². The SMILES string of the molecule is CC(N)C1(c2ccc(CCN(C)C)cc2)CC1. The van der Waals surface area contributed by atoms with Crippen LogP contribution in [0.5, 0.6) is 0 Å². The fourth-order valence-electron chi connectivity index (χ4n) is 2.50. The number of benzene rings is 1. The Morgan fingerprint density at radius 1 is 1.24 bits per heavy atom. The topological polar surface area (TPSA) is 29.3 Å². The molecule has 0 bridgehead atoms. The van der Waals surface area contributed by atoms with Crippen LogP contribution in [0.2, 0.25) is 0 Å². The van der Waals surface area contributed by atoms with Gasteiger partial charge in [0.2, 0.25) is 0 Å². The fraction of sp³-hybridized carbons (Fsp3) is 0.600. The summed E-state index contributed by atoms with van der Waals surface area (Å²) in [6.07, 6.45) is 3.63. The molecule has 0 aliphatic heterocycles. The van der Waals surface area contributed by atoms with Crippen molar-refractivity contribution in [1.29, 1.82) is 0 Å². The molecule has 0 aromatic heterocycles. The largest absolute Gasteiger partial charge is 0.327 e. The van der Waals surface area contributed by atoms with E-state index in [1.165, 1.54) is 24.0 Å². The second-order valence-electron chi connectivity index (χ2n) is 5.70. The highest BCUT2D eigenvalue weighted by Gasteiger charge is 2.47. The Labute approximate surface area is 105 Å². The molecule has 2 N–H and O–H groups in total. The maximum atomic E-state index is 6.09. The number of likely N-dealkylation sites (N-methyl/N-ethyl adjacent to an activating group) is 1. The zero-order valence-electron chi connectivity index (χ0n) is 11.2. The molecule has 0 spiro atoms. The monoisotopic (exact) mass is 232 g/mol. The Bertz CT molecular complexity index is 361. The Morgan fingerprint density at radius 3 is 2.24 bits per heavy atom. The second-order valence-corrected chi connectivity index (χ2v) is 5.70. The summed E-state index contributed by atoms with van der Waals surface area (Å²) in [7, 11) is 4.23. The molecule has 1 atom stereocenters. The molecule has 1 aliphatic carbocycles. The Morgan fingerprint density at radius 2 is 1.82 bits per heavy atom. The zero-order chi connectivity index (χ0) is 12.5. The second kappa shape index (κ2) is 4.79. The fourth-order valence-corrected chi connectivity index (χ4v) is 2.50. The molecule has 1 aromatic carbocycles. The Balaban J connectivity index is 2.03. The first kappa shape index (κ1) is 12.6. The van der Waals surface area contributed by atoms with Crippen molar-refractivity contribution in [2.24, 2.45) is 5.73 Å². The summed E-state index contributed by atoms with van der Waals surface area (Å²) in [5.74, 6) is 0. The highest BCUT2D eigenvalue weighted by atomic mass is 15.0. The van der Waals surface area contributed by atoms with Crippen LogP contribution in [0, 0.1) is 0 Å². The van der Waals surface area contributed by atoms with Crippen LogP contribution < -0.4 is 5.73 Å². The maximum Gasteiger partial charge on any atom is 0.0108 e. The minimum absolute atomic E-state index is 0.273. The van der Waals surface area contributed by atoms with Gasteiger partial charge >= 0.3 is 0 Å². The van der Waals surface area contributed by atoms with E-state index in [1.807, 2.05) is 0 Å². The molecule has 17 heavy (non-hydrogen) atoms. The van der Waals surface area contributed by atoms with E-state index in [2.05, 4.69) is 50.2 Å². The summed E-state index contributed by atoms with van der Waals surface area (Å²) >= 11 is 0. The van der Waals surface area contributed by atoms with Crippen molar-refractivity contribution in [2.45, 2.75) is 37.6 Å². The molecule has 1 unspecified atom stereocenters. The average Bonchev–Trinajstić information content (AvgIpc) is 3.08. The molecule has 2 heteroatoms. The first-order valence-corrected chi connectivity index (χ1v) is 6.54. The third-order valence-corrected chi connectivity index (χ3v) is 4.04. The molecule has 0 heterocycles. The van der Waals surface area contributed by atoms with Gasteiger partial charge in [0.1, 0.15) is 0 Å². The Kier molecular flexibility index (Phi) is 3.55. The molecule has 94 valence electrons. The van der Waals surface area contributed by atoms with Gasteiger partial charge in [0.05, 0.1) is 0 Å². The molecule has 1 aromatic rings. The third kappa shape index (κ3) is 2.70. The average molecular weight is 232 g/mol. The van der Waals surface area contributed by atoms with E-state index >= 15 is 0 Å². The first-order chi connectivity index (χ1) is 8.04. The number of hydrogen-bond acceptors (Lipinski definition) is 2. The normalized spacial score (nSPS) is 19.4. The van der Waals surface area contributed by atoms with Gasteiger partial charge in [0.15, 0.2) is 0 Å². The summed E-state index contributed by atoms with van der Waals surface area (Å²) in [4.78, 5) is 2.22. The van der Waals surface area contributed by atoms with Crippen molar-refractivity contribution in [1.82, 2.24) is 4.90 Å². The van der Waals surface area contributed by atoms with Gasteiger partial charge in [-0.1, -0.05) is 24.3 Å². The summed E-state index contributed by atoms with van der Waals surface area (Å²) in [6.45, 7) is 3.24. The number of nitrogens with zero attached hydrogens (tertiary/aromatic N) is 1. The van der Waals surface area contributed by atoms with Crippen LogP contribution in [-0.2, 0) is 11.8 Å². The van der Waals surface area contributed by atoms with E-state index in [9.17, 15) is 0 Å². The van der Waals surface area contributed by atoms with Gasteiger partial charge in [0, 0.05) is 18.0 Å². The van der Waals surface area contributed by atoms with Crippen LogP contribution in [0.15, 0.2) is 24.3 Å². The summed E-state index contributed by atoms with van der Waals surface area (Å²) in [6, 6.07) is 9.36. The molecule has 0 amide bonds. The minimum Gasteiger partial charge on any atom is -0.327 e. The summed E-state index contributed by atoms with van der Waals surface area (Å²) in [5.41, 5.74) is 9.24. The third-order valence-electron chi connectivity index (χ3n) is 4.04. The Hall–Kier alpha value is -0.860. The van der Waals surface area contributed by atoms with Crippen LogP contribution in [0.1, 0.15) is 30.9 Å². The van der Waals surface area contributed by atoms with Crippen LogP contribution in [0.25, 0.3) is 0 Å². The molecule has 1 saturated carbocycles. The molecular formula is C15H24N2. The van der Waals surface area contributed by atoms with Crippen LogP contribution in [0.4, 0.5) is 0 Å². The first-order valence-electron chi connectivity index (χ1n) is 6.54. The molecule has 2 nitrogen and oxygen atoms in total. The standard InChI is InChI=1S/C15H24N2/c1-12(16)15(9-10-15)14-6-4-13(5-7-14)8-11-17(2)3/h4-7,12H,8-11,16H2,1-3H3. The maximum absolute atomic E-state index is 6.09. The summed E-state index contributed by atoms with van der Waals surface area (Å²) < 4.78 is 0. The summed E-state index contributed by atoms with van der Waals surface area (Å²) in [5, 5.41) is 0. The lowest BCUT2D eigenvalue weighted by Gasteiger charge is -2.20. The van der Waals surface area contributed by atoms with Crippen LogP contribution in [0.3, 0.4) is 0 Å². The lowest BCUT2D eigenvalue weighted by Crippen LogP contribution is -2.31. The van der Waals surface area contributed by atoms with Gasteiger partial charge in [-0.05, 0) is 51.4 Å². The van der Waals surface area contributed by atoms with Crippen molar-refractivity contribution in [2.75, 3.05) is 20.6 Å². The van der Waals surface area contributed by atoms with Crippen LogP contribution in [-0.4, -0.2) is 31.6 Å². The van der Waals surface area contributed by atoms with Crippen molar-refractivity contribution >= 4 is 0 Å². The van der Waals surface area contributed by atoms with Gasteiger partial charge < -0.3 is 10.6 Å². The van der Waals surface area contributed by atoms with Gasteiger partial charge in [-0.3, -0.25) is 0 Å². The number of rotatable bonds is 5. The smallest absolute Gasteiger partial charge is 0.0108 e. The van der Waals surface area contributed by atoms with Crippen molar-refractivity contribution < 1.29 is 0 Å². The van der Waals surface area contributed by atoms with Crippen molar-refractivity contribution in [3.63, 3.8) is 0 Å². The van der Waals surface area contributed by atoms with E-state index in [0.29, 0.717) is 5.41 Å². The van der Waals surface area contributed by atoms with Crippen LogP contribution >= 0.6 is 0 Å². The molecule has 1 fully saturated rings. The van der Waals surface area contributed by atoms with Crippen molar-refractivity contribution in [3.8, 4) is 0 Å². The number of hydrogen-bond donors (Lipinski definition) is 1. The highest BCUT2D eigenvalue weighted by molar-refractivity contribution is 5.35. The quantitative estimate of drug-likeness (QED) is 0.843. The lowest BCUT2D eigenvalue weighted by molar-refractivity contribution is 0.413. The van der Waals surface area contributed by atoms with E-state index in [4.69, 9.17) is 5.73 Å².